The van der Waals surface area contributed by atoms with Crippen LogP contribution in [0, 0.1) is 0 Å². The molecule has 0 fully saturated rings. The molecule has 86 valence electrons. The fourth-order valence-electron chi connectivity index (χ4n) is 1.92. The Kier molecular flexibility index (Phi) is 6.14. The molecule has 0 bridgehead atoms. The van der Waals surface area contributed by atoms with Gasteiger partial charge >= 0.3 is 0 Å². The molecule has 0 aliphatic rings. The molecule has 15 heavy (non-hydrogen) atoms. The molecule has 1 aromatic rings. The Balaban J connectivity index is 2.39. The molecule has 0 N–H and O–H groups in total. The second-order valence-corrected chi connectivity index (χ2v) is 4.21. The summed E-state index contributed by atoms with van der Waals surface area (Å²) in [4.78, 5) is 4.28. The summed E-state index contributed by atoms with van der Waals surface area (Å²) in [5, 5.41) is 0. The largest absolute Gasteiger partial charge is 0.449 e. The van der Waals surface area contributed by atoms with Crippen molar-refractivity contribution >= 4 is 0 Å². The van der Waals surface area contributed by atoms with E-state index in [9.17, 15) is 0 Å². The fraction of sp³-hybridized carbons (Fsp3) is 0.769. The summed E-state index contributed by atoms with van der Waals surface area (Å²) in [6.45, 7) is 4.48. The van der Waals surface area contributed by atoms with Crippen molar-refractivity contribution in [1.82, 2.24) is 4.98 Å². The average molecular weight is 209 g/mol. The first-order valence-corrected chi connectivity index (χ1v) is 6.27. The zero-order valence-corrected chi connectivity index (χ0v) is 10.0. The van der Waals surface area contributed by atoms with Crippen LogP contribution in [0.2, 0.25) is 0 Å². The van der Waals surface area contributed by atoms with Gasteiger partial charge in [0.25, 0.3) is 0 Å². The van der Waals surface area contributed by atoms with Gasteiger partial charge in [-0.2, -0.15) is 0 Å². The monoisotopic (exact) mass is 209 g/mol. The van der Waals surface area contributed by atoms with Crippen LogP contribution in [0.4, 0.5) is 0 Å². The summed E-state index contributed by atoms with van der Waals surface area (Å²) in [6.07, 6.45) is 12.3. The highest BCUT2D eigenvalue weighted by molar-refractivity contribution is 4.91. The van der Waals surface area contributed by atoms with Crippen LogP contribution in [0.25, 0.3) is 0 Å². The summed E-state index contributed by atoms with van der Waals surface area (Å²) >= 11 is 0. The summed E-state index contributed by atoms with van der Waals surface area (Å²) in [6, 6.07) is 0. The Hall–Kier alpha value is -0.790. The lowest BCUT2D eigenvalue weighted by molar-refractivity contribution is 0.398. The maximum Gasteiger partial charge on any atom is 0.197 e. The second kappa shape index (κ2) is 7.49. The molecule has 0 aromatic carbocycles. The van der Waals surface area contributed by atoms with Gasteiger partial charge in [0, 0.05) is 5.92 Å². The molecule has 1 aromatic heterocycles. The zero-order chi connectivity index (χ0) is 10.9. The van der Waals surface area contributed by atoms with Gasteiger partial charge in [-0.1, -0.05) is 46.0 Å². The van der Waals surface area contributed by atoms with E-state index >= 15 is 0 Å². The van der Waals surface area contributed by atoms with Crippen molar-refractivity contribution in [2.24, 2.45) is 0 Å². The molecule has 0 saturated carbocycles. The first-order valence-electron chi connectivity index (χ1n) is 6.27. The minimum atomic E-state index is 0.548. The SMILES string of the molecule is CCCCCC(CCCC)c1ncco1. The number of rotatable bonds is 8. The topological polar surface area (TPSA) is 26.0 Å². The summed E-state index contributed by atoms with van der Waals surface area (Å²) in [7, 11) is 0. The van der Waals surface area contributed by atoms with Crippen molar-refractivity contribution in [3.8, 4) is 0 Å². The number of hydrogen-bond donors (Lipinski definition) is 0. The van der Waals surface area contributed by atoms with Gasteiger partial charge in [0.1, 0.15) is 6.26 Å². The number of nitrogens with zero attached hydrogens (tertiary/aromatic N) is 1. The third kappa shape index (κ3) is 4.50. The van der Waals surface area contributed by atoms with E-state index in [1.165, 1.54) is 44.9 Å². The van der Waals surface area contributed by atoms with Crippen molar-refractivity contribution in [2.45, 2.75) is 64.7 Å². The van der Waals surface area contributed by atoms with Crippen LogP contribution in [0.5, 0.6) is 0 Å². The highest BCUT2D eigenvalue weighted by Gasteiger charge is 2.14. The molecule has 0 aliphatic heterocycles. The molecule has 1 unspecified atom stereocenters. The normalized spacial score (nSPS) is 12.9. The lowest BCUT2D eigenvalue weighted by Crippen LogP contribution is -1.99. The van der Waals surface area contributed by atoms with Gasteiger partial charge in [-0.15, -0.1) is 0 Å². The van der Waals surface area contributed by atoms with E-state index in [0.717, 1.165) is 5.89 Å². The first kappa shape index (κ1) is 12.3. The van der Waals surface area contributed by atoms with Crippen molar-refractivity contribution in [2.75, 3.05) is 0 Å². The molecule has 2 heteroatoms. The smallest absolute Gasteiger partial charge is 0.197 e. The molecule has 0 aliphatic carbocycles. The van der Waals surface area contributed by atoms with Crippen molar-refractivity contribution < 1.29 is 4.42 Å². The van der Waals surface area contributed by atoms with Crippen molar-refractivity contribution in [3.05, 3.63) is 18.4 Å². The average Bonchev–Trinajstić information content (AvgIpc) is 2.76. The van der Waals surface area contributed by atoms with Crippen LogP contribution in [0.15, 0.2) is 16.9 Å². The Bertz CT molecular complexity index is 231. The minimum absolute atomic E-state index is 0.548. The summed E-state index contributed by atoms with van der Waals surface area (Å²) in [5.74, 6) is 1.49. The number of hydrogen-bond acceptors (Lipinski definition) is 2. The van der Waals surface area contributed by atoms with Crippen molar-refractivity contribution in [3.63, 3.8) is 0 Å². The quantitative estimate of drug-likeness (QED) is 0.588. The molecule has 0 spiro atoms. The third-order valence-electron chi connectivity index (χ3n) is 2.86. The Labute approximate surface area is 93.1 Å². The zero-order valence-electron chi connectivity index (χ0n) is 10.0. The fourth-order valence-corrected chi connectivity index (χ4v) is 1.92. The first-order chi connectivity index (χ1) is 7.38. The molecule has 1 rings (SSSR count). The molecule has 1 heterocycles. The molecule has 0 radical (unpaired) electrons. The molecule has 2 nitrogen and oxygen atoms in total. The standard InChI is InChI=1S/C13H23NO/c1-3-5-7-9-12(8-6-4-2)13-14-10-11-15-13/h10-12H,3-9H2,1-2H3. The van der Waals surface area contributed by atoms with E-state index in [1.54, 1.807) is 12.5 Å². The molecular formula is C13H23NO. The maximum absolute atomic E-state index is 5.41. The van der Waals surface area contributed by atoms with Gasteiger partial charge in [-0.25, -0.2) is 4.98 Å². The summed E-state index contributed by atoms with van der Waals surface area (Å²) < 4.78 is 5.41. The highest BCUT2D eigenvalue weighted by Crippen LogP contribution is 2.26. The predicted octanol–water partition coefficient (Wildman–Crippen LogP) is 4.53. The number of oxazole rings is 1. The van der Waals surface area contributed by atoms with E-state index < -0.39 is 0 Å². The third-order valence-corrected chi connectivity index (χ3v) is 2.86. The van der Waals surface area contributed by atoms with Crippen LogP contribution >= 0.6 is 0 Å². The lowest BCUT2D eigenvalue weighted by Gasteiger charge is -2.12. The van der Waals surface area contributed by atoms with Gasteiger partial charge in [0.2, 0.25) is 0 Å². The lowest BCUT2D eigenvalue weighted by atomic mass is 9.95. The Morgan fingerprint density at radius 3 is 2.47 bits per heavy atom. The van der Waals surface area contributed by atoms with Gasteiger partial charge in [-0.3, -0.25) is 0 Å². The second-order valence-electron chi connectivity index (χ2n) is 4.21. The Morgan fingerprint density at radius 2 is 1.87 bits per heavy atom. The molecule has 0 amide bonds. The van der Waals surface area contributed by atoms with E-state index in [0.29, 0.717) is 5.92 Å². The minimum Gasteiger partial charge on any atom is -0.449 e. The van der Waals surface area contributed by atoms with Crippen LogP contribution in [-0.4, -0.2) is 4.98 Å². The van der Waals surface area contributed by atoms with Crippen LogP contribution in [-0.2, 0) is 0 Å². The van der Waals surface area contributed by atoms with E-state index in [-0.39, 0.29) is 0 Å². The van der Waals surface area contributed by atoms with Gasteiger partial charge in [0.05, 0.1) is 6.20 Å². The van der Waals surface area contributed by atoms with E-state index in [1.807, 2.05) is 0 Å². The van der Waals surface area contributed by atoms with Crippen molar-refractivity contribution in [1.29, 1.82) is 0 Å². The van der Waals surface area contributed by atoms with Crippen LogP contribution < -0.4 is 0 Å². The van der Waals surface area contributed by atoms with Gasteiger partial charge in [0.15, 0.2) is 5.89 Å². The highest BCUT2D eigenvalue weighted by atomic mass is 16.3. The van der Waals surface area contributed by atoms with Gasteiger partial charge < -0.3 is 4.42 Å². The predicted molar refractivity (Wildman–Crippen MR) is 62.9 cm³/mol. The van der Waals surface area contributed by atoms with Crippen LogP contribution in [0.3, 0.4) is 0 Å². The van der Waals surface area contributed by atoms with Crippen LogP contribution in [0.1, 0.15) is 70.6 Å². The van der Waals surface area contributed by atoms with Gasteiger partial charge in [-0.05, 0) is 12.8 Å². The molecule has 1 atom stereocenters. The molecular weight excluding hydrogens is 186 g/mol. The summed E-state index contributed by atoms with van der Waals surface area (Å²) in [5.41, 5.74) is 0. The van der Waals surface area contributed by atoms with E-state index in [4.69, 9.17) is 4.42 Å². The maximum atomic E-state index is 5.41. The number of unbranched alkanes of at least 4 members (excludes halogenated alkanes) is 3. The van der Waals surface area contributed by atoms with E-state index in [2.05, 4.69) is 18.8 Å². The Morgan fingerprint density at radius 1 is 1.13 bits per heavy atom. The molecule has 0 saturated heterocycles. The number of aromatic nitrogens is 1.